The van der Waals surface area contributed by atoms with E-state index in [1.807, 2.05) is 17.4 Å². The van der Waals surface area contributed by atoms with Crippen molar-refractivity contribution in [2.75, 3.05) is 0 Å². The number of hydrogen-bond donors (Lipinski definition) is 0. The van der Waals surface area contributed by atoms with E-state index in [1.165, 1.54) is 15.0 Å². The van der Waals surface area contributed by atoms with Crippen LogP contribution in [-0.2, 0) is 0 Å². The molecule has 0 N–H and O–H groups in total. The molecule has 1 aliphatic rings. The van der Waals surface area contributed by atoms with Crippen molar-refractivity contribution in [2.24, 2.45) is 4.99 Å². The van der Waals surface area contributed by atoms with Crippen molar-refractivity contribution >= 4 is 39.2 Å². The Bertz CT molecular complexity index is 573. The molecular formula is C14H14ClNS. The maximum atomic E-state index is 6.02. The maximum Gasteiger partial charge on any atom is 0.0473 e. The highest BCUT2D eigenvalue weighted by molar-refractivity contribution is 7.19. The van der Waals surface area contributed by atoms with Gasteiger partial charge in [0.15, 0.2) is 0 Å². The number of halogens is 1. The predicted octanol–water partition coefficient (Wildman–Crippen LogP) is 4.89. The van der Waals surface area contributed by atoms with Crippen molar-refractivity contribution in [3.05, 3.63) is 34.2 Å². The van der Waals surface area contributed by atoms with Crippen molar-refractivity contribution in [2.45, 2.75) is 31.7 Å². The molecule has 3 heteroatoms. The van der Waals surface area contributed by atoms with Crippen LogP contribution in [0.3, 0.4) is 0 Å². The van der Waals surface area contributed by atoms with Gasteiger partial charge >= 0.3 is 0 Å². The molecule has 1 aromatic carbocycles. The van der Waals surface area contributed by atoms with Crippen molar-refractivity contribution in [3.8, 4) is 0 Å². The molecule has 0 radical (unpaired) electrons. The van der Waals surface area contributed by atoms with Crippen LogP contribution in [0, 0.1) is 0 Å². The molecule has 3 rings (SSSR count). The SMILES string of the molecule is CC1CC(c2cc3ccc(Cl)cc3s2)CC=N1. The third kappa shape index (κ3) is 2.24. The number of fused-ring (bicyclic) bond motifs is 1. The van der Waals surface area contributed by atoms with Crippen LogP contribution in [0.1, 0.15) is 30.6 Å². The van der Waals surface area contributed by atoms with E-state index in [0.29, 0.717) is 12.0 Å². The first-order chi connectivity index (χ1) is 8.22. The van der Waals surface area contributed by atoms with Crippen molar-refractivity contribution in [1.82, 2.24) is 0 Å². The van der Waals surface area contributed by atoms with Gasteiger partial charge in [0.05, 0.1) is 0 Å². The standard InChI is InChI=1S/C14H14ClNS/c1-9-6-11(4-5-16-9)13-7-10-2-3-12(15)8-14(10)17-13/h2-3,5,7-9,11H,4,6H2,1H3. The molecule has 1 nitrogen and oxygen atoms in total. The minimum atomic E-state index is 0.461. The van der Waals surface area contributed by atoms with Gasteiger partial charge in [-0.2, -0.15) is 0 Å². The van der Waals surface area contributed by atoms with Crippen LogP contribution in [0.5, 0.6) is 0 Å². The molecule has 0 saturated carbocycles. The van der Waals surface area contributed by atoms with E-state index in [2.05, 4.69) is 36.3 Å². The third-order valence-electron chi connectivity index (χ3n) is 3.28. The van der Waals surface area contributed by atoms with Gasteiger partial charge in [-0.05, 0) is 49.6 Å². The second-order valence-corrected chi connectivity index (χ2v) is 6.23. The molecule has 88 valence electrons. The Morgan fingerprint density at radius 3 is 3.06 bits per heavy atom. The highest BCUT2D eigenvalue weighted by Crippen LogP contribution is 2.37. The first-order valence-corrected chi connectivity index (χ1v) is 7.12. The van der Waals surface area contributed by atoms with Crippen LogP contribution in [-0.4, -0.2) is 12.3 Å². The summed E-state index contributed by atoms with van der Waals surface area (Å²) in [4.78, 5) is 5.90. The number of hydrogen-bond acceptors (Lipinski definition) is 2. The Hall–Kier alpha value is -0.860. The largest absolute Gasteiger partial charge is 0.294 e. The Morgan fingerprint density at radius 1 is 1.35 bits per heavy atom. The molecule has 0 amide bonds. The molecule has 17 heavy (non-hydrogen) atoms. The Balaban J connectivity index is 1.98. The molecule has 2 aromatic rings. The van der Waals surface area contributed by atoms with Crippen LogP contribution in [0.25, 0.3) is 10.1 Å². The highest BCUT2D eigenvalue weighted by Gasteiger charge is 2.19. The Morgan fingerprint density at radius 2 is 2.24 bits per heavy atom. The van der Waals surface area contributed by atoms with Gasteiger partial charge in [-0.1, -0.05) is 17.7 Å². The quantitative estimate of drug-likeness (QED) is 0.695. The van der Waals surface area contributed by atoms with E-state index in [4.69, 9.17) is 11.6 Å². The van der Waals surface area contributed by atoms with Gasteiger partial charge in [-0.25, -0.2) is 0 Å². The van der Waals surface area contributed by atoms with Gasteiger partial charge in [-0.15, -0.1) is 11.3 Å². The van der Waals surface area contributed by atoms with E-state index < -0.39 is 0 Å². The summed E-state index contributed by atoms with van der Waals surface area (Å²) in [6, 6.07) is 8.91. The lowest BCUT2D eigenvalue weighted by molar-refractivity contribution is 0.553. The smallest absolute Gasteiger partial charge is 0.0473 e. The summed E-state index contributed by atoms with van der Waals surface area (Å²) in [6.45, 7) is 2.19. The van der Waals surface area contributed by atoms with Gasteiger partial charge in [0.25, 0.3) is 0 Å². The molecule has 0 bridgehead atoms. The van der Waals surface area contributed by atoms with E-state index in [-0.39, 0.29) is 0 Å². The lowest BCUT2D eigenvalue weighted by Gasteiger charge is -2.20. The average Bonchev–Trinajstić information content (AvgIpc) is 2.72. The van der Waals surface area contributed by atoms with E-state index >= 15 is 0 Å². The number of rotatable bonds is 1. The summed E-state index contributed by atoms with van der Waals surface area (Å²) >= 11 is 7.90. The summed E-state index contributed by atoms with van der Waals surface area (Å²) in [6.07, 6.45) is 4.32. The Labute approximate surface area is 110 Å². The van der Waals surface area contributed by atoms with Crippen LogP contribution >= 0.6 is 22.9 Å². The fraction of sp³-hybridized carbons (Fsp3) is 0.357. The molecule has 2 atom stereocenters. The number of benzene rings is 1. The second-order valence-electron chi connectivity index (χ2n) is 4.68. The third-order valence-corrected chi connectivity index (χ3v) is 4.77. The monoisotopic (exact) mass is 263 g/mol. The predicted molar refractivity (Wildman–Crippen MR) is 76.8 cm³/mol. The zero-order valence-electron chi connectivity index (χ0n) is 9.69. The van der Waals surface area contributed by atoms with E-state index in [1.54, 1.807) is 0 Å². The van der Waals surface area contributed by atoms with Gasteiger partial charge in [0.1, 0.15) is 0 Å². The molecule has 0 aliphatic carbocycles. The lowest BCUT2D eigenvalue weighted by Crippen LogP contribution is -2.12. The van der Waals surface area contributed by atoms with Gasteiger partial charge < -0.3 is 0 Å². The summed E-state index contributed by atoms with van der Waals surface area (Å²) in [5.41, 5.74) is 0. The minimum absolute atomic E-state index is 0.461. The zero-order valence-corrected chi connectivity index (χ0v) is 11.3. The van der Waals surface area contributed by atoms with E-state index in [0.717, 1.165) is 17.9 Å². The van der Waals surface area contributed by atoms with Crippen LogP contribution in [0.15, 0.2) is 29.3 Å². The van der Waals surface area contributed by atoms with E-state index in [9.17, 15) is 0 Å². The molecule has 0 fully saturated rings. The molecule has 1 aromatic heterocycles. The first kappa shape index (κ1) is 11.2. The minimum Gasteiger partial charge on any atom is -0.294 e. The normalized spacial score (nSPS) is 24.4. The van der Waals surface area contributed by atoms with Gasteiger partial charge in [0.2, 0.25) is 0 Å². The zero-order chi connectivity index (χ0) is 11.8. The Kier molecular flexibility index (Phi) is 2.93. The van der Waals surface area contributed by atoms with Crippen molar-refractivity contribution < 1.29 is 0 Å². The van der Waals surface area contributed by atoms with Crippen molar-refractivity contribution in [1.29, 1.82) is 0 Å². The molecular weight excluding hydrogens is 250 g/mol. The molecule has 2 unspecified atom stereocenters. The maximum absolute atomic E-state index is 6.02. The summed E-state index contributed by atoms with van der Waals surface area (Å²) in [5.74, 6) is 0.638. The molecule has 2 heterocycles. The van der Waals surface area contributed by atoms with Crippen LogP contribution in [0.4, 0.5) is 0 Å². The van der Waals surface area contributed by atoms with Gasteiger partial charge in [0, 0.05) is 26.6 Å². The molecule has 0 spiro atoms. The highest BCUT2D eigenvalue weighted by atomic mass is 35.5. The topological polar surface area (TPSA) is 12.4 Å². The fourth-order valence-electron chi connectivity index (χ4n) is 2.40. The van der Waals surface area contributed by atoms with Crippen LogP contribution < -0.4 is 0 Å². The fourth-order valence-corrected chi connectivity index (χ4v) is 3.86. The summed E-state index contributed by atoms with van der Waals surface area (Å²) < 4.78 is 1.29. The number of thiophene rings is 1. The first-order valence-electron chi connectivity index (χ1n) is 5.93. The summed E-state index contributed by atoms with van der Waals surface area (Å²) in [7, 11) is 0. The number of nitrogens with zero attached hydrogens (tertiary/aromatic N) is 1. The van der Waals surface area contributed by atoms with Gasteiger partial charge in [-0.3, -0.25) is 4.99 Å². The van der Waals surface area contributed by atoms with Crippen molar-refractivity contribution in [3.63, 3.8) is 0 Å². The van der Waals surface area contributed by atoms with Crippen LogP contribution in [0.2, 0.25) is 5.02 Å². The lowest BCUT2D eigenvalue weighted by atomic mass is 9.93. The number of aliphatic imine (C=N–C) groups is 1. The molecule has 0 saturated heterocycles. The average molecular weight is 264 g/mol. The molecule has 1 aliphatic heterocycles. The second kappa shape index (κ2) is 4.43. The summed E-state index contributed by atoms with van der Waals surface area (Å²) in [5, 5.41) is 2.13.